The van der Waals surface area contributed by atoms with E-state index in [9.17, 15) is 9.59 Å². The van der Waals surface area contributed by atoms with Gasteiger partial charge in [0.2, 0.25) is 0 Å². The van der Waals surface area contributed by atoms with Gasteiger partial charge < -0.3 is 29.0 Å². The molecule has 1 rings (SSSR count). The van der Waals surface area contributed by atoms with E-state index in [4.69, 9.17) is 23.7 Å². The van der Waals surface area contributed by atoms with E-state index in [-0.39, 0.29) is 25.0 Å². The molecule has 0 aliphatic rings. The first-order valence-corrected chi connectivity index (χ1v) is 11.3. The number of hydrogen-bond donors (Lipinski definition) is 1. The van der Waals surface area contributed by atoms with Crippen LogP contribution in [0.25, 0.3) is 0 Å². The highest BCUT2D eigenvalue weighted by Gasteiger charge is 2.15. The monoisotopic (exact) mass is 453 g/mol. The fourth-order valence-corrected chi connectivity index (χ4v) is 2.50. The maximum absolute atomic E-state index is 12.0. The van der Waals surface area contributed by atoms with E-state index in [0.29, 0.717) is 45.2 Å². The molecular weight excluding hydrogens is 414 g/mol. The maximum Gasteiger partial charge on any atom is 0.338 e. The van der Waals surface area contributed by atoms with Crippen molar-refractivity contribution in [2.45, 2.75) is 52.6 Å². The molecule has 0 aliphatic carbocycles. The number of esters is 2. The molecule has 0 aliphatic heterocycles. The average molecular weight is 454 g/mol. The molecule has 0 atom stereocenters. The molecule has 1 aromatic rings. The van der Waals surface area contributed by atoms with E-state index in [1.807, 2.05) is 32.9 Å². The number of rotatable bonds is 17. The van der Waals surface area contributed by atoms with Crippen molar-refractivity contribution >= 4 is 17.6 Å². The Balaban J connectivity index is 1.95. The summed E-state index contributed by atoms with van der Waals surface area (Å²) in [6, 6.07) is 7.25. The number of nitrogens with one attached hydrogen (secondary N) is 1. The zero-order valence-corrected chi connectivity index (χ0v) is 19.9. The number of unbranched alkanes of at least 4 members (excludes halogenated alkanes) is 1. The van der Waals surface area contributed by atoms with Crippen LogP contribution in [0, 0.1) is 0 Å². The van der Waals surface area contributed by atoms with Gasteiger partial charge in [-0.05, 0) is 51.5 Å². The van der Waals surface area contributed by atoms with Crippen LogP contribution in [0.3, 0.4) is 0 Å². The Morgan fingerprint density at radius 2 is 1.41 bits per heavy atom. The van der Waals surface area contributed by atoms with Crippen LogP contribution < -0.4 is 5.32 Å². The van der Waals surface area contributed by atoms with Gasteiger partial charge >= 0.3 is 11.9 Å². The first-order valence-electron chi connectivity index (χ1n) is 11.3. The Bertz CT molecular complexity index is 641. The fraction of sp³-hybridized carbons (Fsp3) is 0.667. The number of ether oxygens (including phenoxy) is 5. The van der Waals surface area contributed by atoms with Gasteiger partial charge in [-0.15, -0.1) is 0 Å². The van der Waals surface area contributed by atoms with Gasteiger partial charge in [0.1, 0.15) is 12.2 Å². The van der Waals surface area contributed by atoms with E-state index >= 15 is 0 Å². The van der Waals surface area contributed by atoms with E-state index < -0.39 is 5.60 Å². The van der Waals surface area contributed by atoms with Crippen molar-refractivity contribution in [3.63, 3.8) is 0 Å². The lowest BCUT2D eigenvalue weighted by atomic mass is 10.2. The second-order valence-electron chi connectivity index (χ2n) is 8.17. The van der Waals surface area contributed by atoms with Crippen LogP contribution in [0.5, 0.6) is 0 Å². The molecule has 0 saturated carbocycles. The molecule has 32 heavy (non-hydrogen) atoms. The zero-order valence-electron chi connectivity index (χ0n) is 19.9. The minimum atomic E-state index is -0.477. The van der Waals surface area contributed by atoms with Crippen molar-refractivity contribution in [1.29, 1.82) is 0 Å². The Hall–Kier alpha value is -2.16. The van der Waals surface area contributed by atoms with Crippen LogP contribution in [0.15, 0.2) is 24.3 Å². The van der Waals surface area contributed by atoms with Crippen LogP contribution in [-0.2, 0) is 28.5 Å². The minimum Gasteiger partial charge on any atom is -0.460 e. The van der Waals surface area contributed by atoms with E-state index in [1.165, 1.54) is 0 Å². The molecule has 0 fully saturated rings. The molecule has 1 N–H and O–H groups in total. The summed E-state index contributed by atoms with van der Waals surface area (Å²) in [5.74, 6) is -0.641. The van der Waals surface area contributed by atoms with Gasteiger partial charge in [0, 0.05) is 12.2 Å². The first kappa shape index (κ1) is 27.9. The molecule has 0 heterocycles. The zero-order chi connectivity index (χ0) is 23.7. The second-order valence-corrected chi connectivity index (χ2v) is 8.17. The summed E-state index contributed by atoms with van der Waals surface area (Å²) in [7, 11) is 0. The standard InChI is InChI=1S/C24H39NO7/c1-5-6-12-25-21-9-7-20(8-10-21)23(27)31-19-18-30-17-16-29-15-14-28-13-11-22(26)32-24(2,3)4/h7-10,25H,5-6,11-19H2,1-4H3. The highest BCUT2D eigenvalue weighted by molar-refractivity contribution is 5.89. The molecule has 0 spiro atoms. The quantitative estimate of drug-likeness (QED) is 0.281. The lowest BCUT2D eigenvalue weighted by molar-refractivity contribution is -0.156. The van der Waals surface area contributed by atoms with Crippen LogP contribution in [-0.4, -0.2) is 70.3 Å². The molecular formula is C24H39NO7. The number of carbonyl (C=O) groups is 2. The molecule has 0 saturated heterocycles. The number of hydrogen-bond acceptors (Lipinski definition) is 8. The van der Waals surface area contributed by atoms with Crippen molar-refractivity contribution in [2.75, 3.05) is 58.1 Å². The molecule has 8 nitrogen and oxygen atoms in total. The van der Waals surface area contributed by atoms with E-state index in [1.54, 1.807) is 12.1 Å². The summed E-state index contributed by atoms with van der Waals surface area (Å²) in [4.78, 5) is 23.5. The molecule has 8 heteroatoms. The summed E-state index contributed by atoms with van der Waals surface area (Å²) in [5.41, 5.74) is 1.03. The molecule has 0 radical (unpaired) electrons. The van der Waals surface area contributed by atoms with Crippen molar-refractivity contribution in [1.82, 2.24) is 0 Å². The van der Waals surface area contributed by atoms with Crippen molar-refractivity contribution in [3.8, 4) is 0 Å². The van der Waals surface area contributed by atoms with Crippen molar-refractivity contribution in [3.05, 3.63) is 29.8 Å². The SMILES string of the molecule is CCCCNc1ccc(C(=O)OCCOCCOCCOCCC(=O)OC(C)(C)C)cc1. The third-order valence-corrected chi connectivity index (χ3v) is 4.06. The second kappa shape index (κ2) is 16.5. The Labute approximate surface area is 191 Å². The Morgan fingerprint density at radius 1 is 0.844 bits per heavy atom. The lowest BCUT2D eigenvalue weighted by Crippen LogP contribution is -2.24. The summed E-state index contributed by atoms with van der Waals surface area (Å²) in [6.07, 6.45) is 2.47. The van der Waals surface area contributed by atoms with Gasteiger partial charge in [0.25, 0.3) is 0 Å². The highest BCUT2D eigenvalue weighted by atomic mass is 16.6. The fourth-order valence-electron chi connectivity index (χ4n) is 2.50. The van der Waals surface area contributed by atoms with Crippen molar-refractivity contribution in [2.24, 2.45) is 0 Å². The Kier molecular flexibility index (Phi) is 14.3. The van der Waals surface area contributed by atoms with Crippen LogP contribution in [0.4, 0.5) is 5.69 Å². The molecule has 0 amide bonds. The third kappa shape index (κ3) is 14.8. The van der Waals surface area contributed by atoms with E-state index in [0.717, 1.165) is 25.1 Å². The van der Waals surface area contributed by atoms with Gasteiger partial charge in [-0.1, -0.05) is 13.3 Å². The Morgan fingerprint density at radius 3 is 1.97 bits per heavy atom. The largest absolute Gasteiger partial charge is 0.460 e. The van der Waals surface area contributed by atoms with Crippen LogP contribution in [0.1, 0.15) is 57.3 Å². The predicted molar refractivity (Wildman–Crippen MR) is 123 cm³/mol. The van der Waals surface area contributed by atoms with Crippen LogP contribution in [0.2, 0.25) is 0 Å². The van der Waals surface area contributed by atoms with Gasteiger partial charge in [-0.3, -0.25) is 4.79 Å². The normalized spacial score (nSPS) is 11.2. The third-order valence-electron chi connectivity index (χ3n) is 4.06. The molecule has 0 bridgehead atoms. The summed E-state index contributed by atoms with van der Waals surface area (Å²) < 4.78 is 26.5. The molecule has 0 aromatic heterocycles. The number of benzene rings is 1. The highest BCUT2D eigenvalue weighted by Crippen LogP contribution is 2.11. The number of anilines is 1. The summed E-state index contributed by atoms with van der Waals surface area (Å²) in [6.45, 7) is 11.0. The van der Waals surface area contributed by atoms with E-state index in [2.05, 4.69) is 12.2 Å². The van der Waals surface area contributed by atoms with Gasteiger partial charge in [0.05, 0.1) is 51.6 Å². The molecule has 0 unspecified atom stereocenters. The smallest absolute Gasteiger partial charge is 0.338 e. The predicted octanol–water partition coefficient (Wildman–Crippen LogP) is 3.84. The van der Waals surface area contributed by atoms with Gasteiger partial charge in [-0.2, -0.15) is 0 Å². The summed E-state index contributed by atoms with van der Waals surface area (Å²) >= 11 is 0. The minimum absolute atomic E-state index is 0.184. The van der Waals surface area contributed by atoms with Crippen LogP contribution >= 0.6 is 0 Å². The van der Waals surface area contributed by atoms with Gasteiger partial charge in [-0.25, -0.2) is 4.79 Å². The lowest BCUT2D eigenvalue weighted by Gasteiger charge is -2.19. The first-order chi connectivity index (χ1) is 15.3. The number of carbonyl (C=O) groups excluding carboxylic acids is 2. The maximum atomic E-state index is 12.0. The molecule has 182 valence electrons. The van der Waals surface area contributed by atoms with Gasteiger partial charge in [0.15, 0.2) is 0 Å². The molecule has 1 aromatic carbocycles. The average Bonchev–Trinajstić information content (AvgIpc) is 2.73. The van der Waals surface area contributed by atoms with Crippen molar-refractivity contribution < 1.29 is 33.3 Å². The topological polar surface area (TPSA) is 92.3 Å². The summed E-state index contributed by atoms with van der Waals surface area (Å²) in [5, 5.41) is 3.30.